The van der Waals surface area contributed by atoms with Crippen LogP contribution in [-0.2, 0) is 22.5 Å². The molecule has 0 bridgehead atoms. The van der Waals surface area contributed by atoms with Crippen LogP contribution in [0.1, 0.15) is 32.3 Å². The SMILES string of the molecule is CCC(C)OC(=O)CSc1cnc(Nc2cc([N+](=O)[O-])c(F)cc2OC)nc1-c1cn2c3c(cccc13)CCC2. The van der Waals surface area contributed by atoms with Crippen molar-refractivity contribution >= 4 is 46.0 Å². The molecule has 0 spiro atoms. The van der Waals surface area contributed by atoms with Crippen molar-refractivity contribution < 1.29 is 23.6 Å². The van der Waals surface area contributed by atoms with Crippen LogP contribution in [0.25, 0.3) is 22.2 Å². The highest BCUT2D eigenvalue weighted by atomic mass is 32.2. The zero-order valence-corrected chi connectivity index (χ0v) is 23.1. The molecule has 0 fully saturated rings. The lowest BCUT2D eigenvalue weighted by Crippen LogP contribution is -2.15. The van der Waals surface area contributed by atoms with E-state index in [9.17, 15) is 19.3 Å². The van der Waals surface area contributed by atoms with Crippen molar-refractivity contribution in [1.82, 2.24) is 14.5 Å². The molecule has 3 heterocycles. The predicted molar refractivity (Wildman–Crippen MR) is 151 cm³/mol. The van der Waals surface area contributed by atoms with Gasteiger partial charge in [0.25, 0.3) is 0 Å². The van der Waals surface area contributed by atoms with Gasteiger partial charge in [0.1, 0.15) is 5.75 Å². The van der Waals surface area contributed by atoms with Crippen molar-refractivity contribution in [3.05, 3.63) is 64.2 Å². The fraction of sp³-hybridized carbons (Fsp3) is 0.321. The van der Waals surface area contributed by atoms with Crippen LogP contribution in [0.5, 0.6) is 5.75 Å². The second-order valence-corrected chi connectivity index (χ2v) is 10.5. The molecule has 1 unspecified atom stereocenters. The number of nitro benzene ring substituents is 1. The number of benzene rings is 2. The number of methoxy groups -OCH3 is 1. The second kappa shape index (κ2) is 11.5. The Bertz CT molecular complexity index is 1610. The van der Waals surface area contributed by atoms with Crippen LogP contribution in [0.4, 0.5) is 21.7 Å². The van der Waals surface area contributed by atoms with Gasteiger partial charge in [0.05, 0.1) is 45.7 Å². The maximum absolute atomic E-state index is 14.2. The summed E-state index contributed by atoms with van der Waals surface area (Å²) in [4.78, 5) is 32.8. The van der Waals surface area contributed by atoms with Crippen LogP contribution in [-0.4, -0.2) is 44.4 Å². The van der Waals surface area contributed by atoms with Crippen LogP contribution >= 0.6 is 11.8 Å². The van der Waals surface area contributed by atoms with Crippen LogP contribution in [0.15, 0.2) is 47.6 Å². The number of ether oxygens (including phenoxy) is 2. The highest BCUT2D eigenvalue weighted by molar-refractivity contribution is 8.00. The maximum Gasteiger partial charge on any atom is 0.316 e. The number of para-hydroxylation sites is 1. The molecule has 4 aromatic rings. The van der Waals surface area contributed by atoms with E-state index in [-0.39, 0.29) is 35.2 Å². The summed E-state index contributed by atoms with van der Waals surface area (Å²) < 4.78 is 27.1. The number of halogens is 1. The van der Waals surface area contributed by atoms with Crippen molar-refractivity contribution in [1.29, 1.82) is 0 Å². The number of nitrogens with one attached hydrogen (secondary N) is 1. The van der Waals surface area contributed by atoms with Gasteiger partial charge >= 0.3 is 11.7 Å². The topological polar surface area (TPSA) is 121 Å². The predicted octanol–water partition coefficient (Wildman–Crippen LogP) is 6.28. The van der Waals surface area contributed by atoms with Gasteiger partial charge in [-0.25, -0.2) is 9.97 Å². The van der Waals surface area contributed by atoms with E-state index in [1.165, 1.54) is 24.4 Å². The van der Waals surface area contributed by atoms with Crippen LogP contribution < -0.4 is 10.1 Å². The van der Waals surface area contributed by atoms with Gasteiger partial charge in [-0.05, 0) is 31.7 Å². The summed E-state index contributed by atoms with van der Waals surface area (Å²) in [5, 5.41) is 15.3. The first-order valence-electron chi connectivity index (χ1n) is 12.9. The lowest BCUT2D eigenvalue weighted by Gasteiger charge is -2.14. The molecule has 40 heavy (non-hydrogen) atoms. The van der Waals surface area contributed by atoms with Gasteiger partial charge in [0.2, 0.25) is 11.8 Å². The Hall–Kier alpha value is -4.19. The third kappa shape index (κ3) is 5.44. The minimum absolute atomic E-state index is 0.0617. The second-order valence-electron chi connectivity index (χ2n) is 9.44. The summed E-state index contributed by atoms with van der Waals surface area (Å²) in [6.45, 7) is 4.67. The Morgan fingerprint density at radius 2 is 2.17 bits per heavy atom. The summed E-state index contributed by atoms with van der Waals surface area (Å²) in [5.41, 5.74) is 3.32. The number of hydrogen-bond acceptors (Lipinski definition) is 9. The molecule has 10 nitrogen and oxygen atoms in total. The van der Waals surface area contributed by atoms with E-state index in [2.05, 4.69) is 27.1 Å². The van der Waals surface area contributed by atoms with Crippen molar-refractivity contribution in [2.45, 2.75) is 50.7 Å². The van der Waals surface area contributed by atoms with E-state index in [0.717, 1.165) is 54.4 Å². The molecule has 208 valence electrons. The number of thioether (sulfide) groups is 1. The summed E-state index contributed by atoms with van der Waals surface area (Å²) in [7, 11) is 1.34. The Kier molecular flexibility index (Phi) is 7.88. The smallest absolute Gasteiger partial charge is 0.316 e. The Morgan fingerprint density at radius 1 is 1.35 bits per heavy atom. The highest BCUT2D eigenvalue weighted by Crippen LogP contribution is 2.40. The highest BCUT2D eigenvalue weighted by Gasteiger charge is 2.23. The number of aryl methyl sites for hydroxylation is 2. The van der Waals surface area contributed by atoms with Gasteiger partial charge in [0.15, 0.2) is 0 Å². The zero-order chi connectivity index (χ0) is 28.4. The number of anilines is 2. The first-order valence-corrected chi connectivity index (χ1v) is 13.9. The molecule has 1 aliphatic rings. The number of rotatable bonds is 10. The minimum atomic E-state index is -1.01. The van der Waals surface area contributed by atoms with Crippen LogP contribution in [0, 0.1) is 15.9 Å². The third-order valence-electron chi connectivity index (χ3n) is 6.80. The number of esters is 1. The van der Waals surface area contributed by atoms with Gasteiger partial charge in [-0.15, -0.1) is 11.8 Å². The Balaban J connectivity index is 1.57. The van der Waals surface area contributed by atoms with Gasteiger partial charge in [-0.3, -0.25) is 14.9 Å². The van der Waals surface area contributed by atoms with E-state index in [1.54, 1.807) is 6.20 Å². The van der Waals surface area contributed by atoms with Crippen molar-refractivity contribution in [3.8, 4) is 17.0 Å². The molecule has 0 saturated heterocycles. The summed E-state index contributed by atoms with van der Waals surface area (Å²) in [5.74, 6) is -1.08. The van der Waals surface area contributed by atoms with Crippen molar-refractivity contribution in [3.63, 3.8) is 0 Å². The first-order chi connectivity index (χ1) is 19.3. The number of aromatic nitrogens is 3. The van der Waals surface area contributed by atoms with E-state index in [0.29, 0.717) is 10.6 Å². The van der Waals surface area contributed by atoms with Gasteiger partial charge in [-0.2, -0.15) is 4.39 Å². The zero-order valence-electron chi connectivity index (χ0n) is 22.3. The Labute approximate surface area is 234 Å². The molecule has 0 amide bonds. The molecule has 2 aromatic carbocycles. The quantitative estimate of drug-likeness (QED) is 0.102. The maximum atomic E-state index is 14.2. The molecule has 2 aromatic heterocycles. The number of nitrogens with zero attached hydrogens (tertiary/aromatic N) is 4. The molecule has 1 aliphatic heterocycles. The molecule has 5 rings (SSSR count). The third-order valence-corrected chi connectivity index (χ3v) is 7.79. The number of hydrogen-bond donors (Lipinski definition) is 1. The fourth-order valence-corrected chi connectivity index (χ4v) is 5.48. The molecular formula is C28H28FN5O5S. The average molecular weight is 566 g/mol. The first kappa shape index (κ1) is 27.4. The van der Waals surface area contributed by atoms with E-state index in [4.69, 9.17) is 14.5 Å². The molecule has 0 saturated carbocycles. The van der Waals surface area contributed by atoms with Crippen LogP contribution in [0.3, 0.4) is 0 Å². The number of carbonyl (C=O) groups is 1. The molecule has 0 radical (unpaired) electrons. The molecule has 0 aliphatic carbocycles. The average Bonchev–Trinajstić information content (AvgIpc) is 3.33. The summed E-state index contributed by atoms with van der Waals surface area (Å²) in [6, 6.07) is 8.19. The van der Waals surface area contributed by atoms with Gasteiger partial charge in [0, 0.05) is 42.0 Å². The summed E-state index contributed by atoms with van der Waals surface area (Å²) in [6.07, 6.45) is 6.22. The molecule has 12 heteroatoms. The van der Waals surface area contributed by atoms with Gasteiger partial charge < -0.3 is 19.4 Å². The van der Waals surface area contributed by atoms with Crippen molar-refractivity contribution in [2.24, 2.45) is 0 Å². The lowest BCUT2D eigenvalue weighted by atomic mass is 10.0. The number of nitro groups is 1. The van der Waals surface area contributed by atoms with E-state index >= 15 is 0 Å². The molecule has 1 atom stereocenters. The van der Waals surface area contributed by atoms with E-state index in [1.807, 2.05) is 26.0 Å². The van der Waals surface area contributed by atoms with Gasteiger partial charge in [-0.1, -0.05) is 25.1 Å². The fourth-order valence-electron chi connectivity index (χ4n) is 4.72. The molecule has 1 N–H and O–H groups in total. The molecular weight excluding hydrogens is 537 g/mol. The summed E-state index contributed by atoms with van der Waals surface area (Å²) >= 11 is 1.28. The van der Waals surface area contributed by atoms with E-state index < -0.39 is 16.4 Å². The lowest BCUT2D eigenvalue weighted by molar-refractivity contribution is -0.387. The monoisotopic (exact) mass is 565 g/mol. The standard InChI is InChI=1S/C28H28FN5O5S/c1-4-16(2)39-25(35)15-40-24-13-30-28(31-21-12-22(34(36)37)20(29)11-23(21)38-3)32-26(24)19-14-33-10-6-8-17-7-5-9-18(19)27(17)33/h5,7,9,11-14,16H,4,6,8,10,15H2,1-3H3,(H,30,31,32). The normalized spacial score (nSPS) is 13.2. The van der Waals surface area contributed by atoms with Crippen LogP contribution in [0.2, 0.25) is 0 Å². The minimum Gasteiger partial charge on any atom is -0.494 e. The van der Waals surface area contributed by atoms with Crippen molar-refractivity contribution in [2.75, 3.05) is 18.2 Å². The largest absolute Gasteiger partial charge is 0.494 e. The Morgan fingerprint density at radius 3 is 2.92 bits per heavy atom. The number of carbonyl (C=O) groups excluding carboxylic acids is 1.